The molecule has 11 heteroatoms. The van der Waals surface area contributed by atoms with E-state index in [2.05, 4.69) is 9.97 Å². The van der Waals surface area contributed by atoms with E-state index in [0.717, 1.165) is 12.8 Å². The number of rotatable bonds is 10. The van der Waals surface area contributed by atoms with Crippen LogP contribution in [0.2, 0.25) is 0 Å². The average Bonchev–Trinajstić information content (AvgIpc) is 3.73. The topological polar surface area (TPSA) is 150 Å². The van der Waals surface area contributed by atoms with Gasteiger partial charge in [0.2, 0.25) is 5.91 Å². The summed E-state index contributed by atoms with van der Waals surface area (Å²) >= 11 is 0. The van der Waals surface area contributed by atoms with Crippen molar-refractivity contribution in [3.63, 3.8) is 0 Å². The Morgan fingerprint density at radius 3 is 2.57 bits per heavy atom. The molecule has 4 aromatic rings. The van der Waals surface area contributed by atoms with Crippen LogP contribution in [0.4, 0.5) is 4.39 Å². The average molecular weight is 618 g/mol. The molecule has 0 radical (unpaired) electrons. The number of sulfone groups is 1. The van der Waals surface area contributed by atoms with Crippen molar-refractivity contribution in [1.29, 1.82) is 0 Å². The van der Waals surface area contributed by atoms with Gasteiger partial charge in [0, 0.05) is 34.7 Å². The lowest BCUT2D eigenvalue weighted by molar-refractivity contribution is -0.123. The zero-order chi connectivity index (χ0) is 31.4. The van der Waals surface area contributed by atoms with Crippen molar-refractivity contribution in [3.8, 4) is 17.0 Å². The summed E-state index contributed by atoms with van der Waals surface area (Å²) in [5, 5.41) is 12.2. The Morgan fingerprint density at radius 1 is 1.16 bits per heavy atom. The first kappa shape index (κ1) is 29.8. The van der Waals surface area contributed by atoms with Crippen LogP contribution in [0.5, 0.6) is 5.75 Å². The van der Waals surface area contributed by atoms with E-state index in [9.17, 15) is 27.5 Å². The highest BCUT2D eigenvalue weighted by molar-refractivity contribution is 7.91. The summed E-state index contributed by atoms with van der Waals surface area (Å²) in [4.78, 5) is 35.0. The zero-order valence-electron chi connectivity index (χ0n) is 24.3. The van der Waals surface area contributed by atoms with Crippen LogP contribution in [0.1, 0.15) is 61.1 Å². The highest BCUT2D eigenvalue weighted by Crippen LogP contribution is 2.46. The number of amides is 1. The third-order valence-corrected chi connectivity index (χ3v) is 10.5. The smallest absolute Gasteiger partial charge is 0.231 e. The number of halogens is 1. The molecule has 2 aliphatic rings. The van der Waals surface area contributed by atoms with Crippen molar-refractivity contribution in [1.82, 2.24) is 9.97 Å². The lowest BCUT2D eigenvalue weighted by Crippen LogP contribution is -2.40. The summed E-state index contributed by atoms with van der Waals surface area (Å²) in [5.74, 6) is -0.967. The number of ketones is 1. The number of benzene rings is 2. The van der Waals surface area contributed by atoms with Crippen LogP contribution in [0.15, 0.2) is 65.7 Å². The van der Waals surface area contributed by atoms with E-state index in [1.54, 1.807) is 31.2 Å². The number of primary amides is 1. The quantitative estimate of drug-likeness (QED) is 0.245. The minimum Gasteiger partial charge on any atom is -0.489 e. The van der Waals surface area contributed by atoms with Crippen LogP contribution in [-0.4, -0.2) is 47.5 Å². The fourth-order valence-electron chi connectivity index (χ4n) is 5.54. The first-order valence-corrected chi connectivity index (χ1v) is 16.1. The Kier molecular flexibility index (Phi) is 7.28. The van der Waals surface area contributed by atoms with Crippen LogP contribution < -0.4 is 10.5 Å². The van der Waals surface area contributed by atoms with Gasteiger partial charge >= 0.3 is 0 Å². The second kappa shape index (κ2) is 10.7. The highest BCUT2D eigenvalue weighted by Gasteiger charge is 2.45. The minimum absolute atomic E-state index is 0.0132. The number of pyridine rings is 2. The Bertz CT molecular complexity index is 1920. The largest absolute Gasteiger partial charge is 0.489 e. The molecule has 0 unspecified atom stereocenters. The molecule has 1 aliphatic carbocycles. The van der Waals surface area contributed by atoms with Crippen LogP contribution in [0.25, 0.3) is 22.2 Å². The van der Waals surface area contributed by atoms with Gasteiger partial charge in [-0.25, -0.2) is 17.8 Å². The fourth-order valence-corrected chi connectivity index (χ4v) is 7.44. The number of carbonyl (C=O) groups is 2. The van der Waals surface area contributed by atoms with Crippen LogP contribution in [0.3, 0.4) is 0 Å². The van der Waals surface area contributed by atoms with Gasteiger partial charge in [0.1, 0.15) is 34.9 Å². The number of carbonyl (C=O) groups excluding carboxylic acids is 2. The monoisotopic (exact) mass is 617 g/mol. The molecule has 2 aromatic heterocycles. The summed E-state index contributed by atoms with van der Waals surface area (Å²) in [7, 11) is -3.67. The van der Waals surface area contributed by atoms with E-state index in [4.69, 9.17) is 10.5 Å². The van der Waals surface area contributed by atoms with Crippen molar-refractivity contribution in [2.75, 3.05) is 12.4 Å². The van der Waals surface area contributed by atoms with E-state index < -0.39 is 32.6 Å². The molecule has 0 bridgehead atoms. The van der Waals surface area contributed by atoms with E-state index >= 15 is 0 Å². The number of hydrogen-bond acceptors (Lipinski definition) is 8. The van der Waals surface area contributed by atoms with Gasteiger partial charge in [0.25, 0.3) is 0 Å². The van der Waals surface area contributed by atoms with Gasteiger partial charge in [-0.3, -0.25) is 14.6 Å². The molecule has 3 heterocycles. The first-order valence-electron chi connectivity index (χ1n) is 14.4. The molecule has 228 valence electrons. The van der Waals surface area contributed by atoms with Crippen LogP contribution >= 0.6 is 0 Å². The molecule has 2 aromatic carbocycles. The third kappa shape index (κ3) is 5.46. The van der Waals surface area contributed by atoms with E-state index in [1.165, 1.54) is 43.5 Å². The fraction of sp³-hybridized carbons (Fsp3) is 0.333. The summed E-state index contributed by atoms with van der Waals surface area (Å²) < 4.78 is 46.1. The summed E-state index contributed by atoms with van der Waals surface area (Å²) in [5.41, 5.74) is 4.86. The lowest BCUT2D eigenvalue weighted by Gasteiger charge is -2.26. The number of aromatic nitrogens is 2. The molecule has 0 spiro atoms. The molecule has 9 nitrogen and oxygen atoms in total. The molecular formula is C33H32FN3O6S. The van der Waals surface area contributed by atoms with Crippen molar-refractivity contribution in [2.24, 2.45) is 11.7 Å². The normalized spacial score (nSPS) is 19.3. The third-order valence-electron chi connectivity index (χ3n) is 8.60. The molecule has 0 saturated heterocycles. The Morgan fingerprint density at radius 2 is 1.89 bits per heavy atom. The summed E-state index contributed by atoms with van der Waals surface area (Å²) in [6.45, 7) is 3.12. The number of aliphatic hydroxyl groups is 1. The van der Waals surface area contributed by atoms with Gasteiger partial charge in [-0.05, 0) is 87.6 Å². The van der Waals surface area contributed by atoms with Gasteiger partial charge < -0.3 is 15.6 Å². The van der Waals surface area contributed by atoms with E-state index in [1.807, 2.05) is 0 Å². The minimum atomic E-state index is -3.67. The maximum atomic E-state index is 13.7. The number of Topliss-reactive ketones (excluding diaryl/α,β-unsaturated/α-hetero) is 1. The van der Waals surface area contributed by atoms with Gasteiger partial charge in [-0.15, -0.1) is 0 Å². The van der Waals surface area contributed by atoms with Gasteiger partial charge in [-0.2, -0.15) is 0 Å². The standard InChI is InChI=1S/C33H32FN3O6S/c1-32(31(35)39)18-43-30-24(32)16-27(37-29(30)20-7-9-23(34)10-8-20)33(2,40)12-11-25(38)22-14-21-4-3-13-36-28(21)26(15-22)44(41,42)17-19-5-6-19/h3-4,7-10,13-16,19,40H,5-6,11-12,17-18H2,1-2H3,(H2,35,39)/t32-,33-/m0/s1. The number of nitrogens with two attached hydrogens (primary N) is 1. The second-order valence-electron chi connectivity index (χ2n) is 12.2. The molecule has 1 aliphatic heterocycles. The molecule has 1 amide bonds. The number of ether oxygens (including phenoxy) is 1. The van der Waals surface area contributed by atoms with E-state index in [0.29, 0.717) is 33.5 Å². The predicted molar refractivity (Wildman–Crippen MR) is 161 cm³/mol. The van der Waals surface area contributed by atoms with Crippen molar-refractivity contribution in [2.45, 2.75) is 55.4 Å². The van der Waals surface area contributed by atoms with Gasteiger partial charge in [0.05, 0.1) is 21.9 Å². The highest BCUT2D eigenvalue weighted by atomic mass is 32.2. The van der Waals surface area contributed by atoms with Crippen LogP contribution in [-0.2, 0) is 25.6 Å². The molecule has 1 saturated carbocycles. The maximum Gasteiger partial charge on any atom is 0.231 e. The number of hydrogen-bond donors (Lipinski definition) is 2. The van der Waals surface area contributed by atoms with Gasteiger partial charge in [0.15, 0.2) is 15.6 Å². The lowest BCUT2D eigenvalue weighted by atomic mass is 9.81. The molecule has 6 rings (SSSR count). The van der Waals surface area contributed by atoms with Crippen LogP contribution in [0, 0.1) is 11.7 Å². The Balaban J connectivity index is 1.33. The molecule has 3 N–H and O–H groups in total. The SMILES string of the molecule is C[C@](O)(CCC(=O)c1cc(S(=O)(=O)CC2CC2)c2ncccc2c1)c1cc2c(c(-c3ccc(F)cc3)n1)OC[C@]2(C)C(N)=O. The second-order valence-corrected chi connectivity index (χ2v) is 14.2. The summed E-state index contributed by atoms with van der Waals surface area (Å²) in [6.07, 6.45) is 3.05. The number of fused-ring (bicyclic) bond motifs is 2. The molecule has 1 fully saturated rings. The molecule has 44 heavy (non-hydrogen) atoms. The summed E-state index contributed by atoms with van der Waals surface area (Å²) in [6, 6.07) is 13.6. The molecular weight excluding hydrogens is 585 g/mol. The predicted octanol–water partition coefficient (Wildman–Crippen LogP) is 4.63. The maximum absolute atomic E-state index is 13.7. The Labute approximate surface area is 254 Å². The van der Waals surface area contributed by atoms with E-state index in [-0.39, 0.29) is 53.1 Å². The van der Waals surface area contributed by atoms with Crippen molar-refractivity contribution in [3.05, 3.63) is 83.4 Å². The molecule has 2 atom stereocenters. The number of nitrogens with zero attached hydrogens (tertiary/aromatic N) is 2. The van der Waals surface area contributed by atoms with Gasteiger partial charge in [-0.1, -0.05) is 6.07 Å². The Hall–Kier alpha value is -4.22. The van der Waals surface area contributed by atoms with Crippen molar-refractivity contribution < 1.29 is 32.2 Å². The zero-order valence-corrected chi connectivity index (χ0v) is 25.2. The first-order chi connectivity index (χ1) is 20.8. The van der Waals surface area contributed by atoms with Crippen molar-refractivity contribution >= 4 is 32.4 Å².